The molecule has 1 amide bonds. The van der Waals surface area contributed by atoms with Gasteiger partial charge in [-0.25, -0.2) is 0 Å². The van der Waals surface area contributed by atoms with Crippen molar-refractivity contribution in [3.05, 3.63) is 29.8 Å². The average molecular weight is 286 g/mol. The Labute approximate surface area is 117 Å². The molecule has 0 bridgehead atoms. The Morgan fingerprint density at radius 2 is 2.05 bits per heavy atom. The predicted molar refractivity (Wildman–Crippen MR) is 72.9 cm³/mol. The van der Waals surface area contributed by atoms with Crippen LogP contribution in [0.2, 0.25) is 0 Å². The molecule has 20 heavy (non-hydrogen) atoms. The summed E-state index contributed by atoms with van der Waals surface area (Å²) < 4.78 is 29.1. The molecule has 4 nitrogen and oxygen atoms in total. The highest BCUT2D eigenvalue weighted by Gasteiger charge is 2.21. The van der Waals surface area contributed by atoms with Crippen LogP contribution in [0.15, 0.2) is 24.3 Å². The first-order valence-corrected chi connectivity index (χ1v) is 6.52. The van der Waals surface area contributed by atoms with E-state index < -0.39 is 6.61 Å². The Bertz CT molecular complexity index is 441. The summed E-state index contributed by atoms with van der Waals surface area (Å²) in [5.41, 5.74) is 5.69. The Balaban J connectivity index is 2.94. The van der Waals surface area contributed by atoms with Crippen molar-refractivity contribution in [2.24, 2.45) is 11.7 Å². The zero-order chi connectivity index (χ0) is 15.1. The maximum atomic E-state index is 12.4. The lowest BCUT2D eigenvalue weighted by Gasteiger charge is -2.24. The zero-order valence-corrected chi connectivity index (χ0v) is 11.7. The number of halogens is 2. The number of amides is 1. The predicted octanol–water partition coefficient (Wildman–Crippen LogP) is 2.34. The van der Waals surface area contributed by atoms with E-state index in [0.717, 1.165) is 0 Å². The second kappa shape index (κ2) is 7.79. The third-order valence-corrected chi connectivity index (χ3v) is 2.94. The van der Waals surface area contributed by atoms with Gasteiger partial charge in [0.15, 0.2) is 0 Å². The van der Waals surface area contributed by atoms with Gasteiger partial charge in [0.2, 0.25) is 0 Å². The van der Waals surface area contributed by atoms with Crippen molar-refractivity contribution < 1.29 is 18.3 Å². The van der Waals surface area contributed by atoms with Gasteiger partial charge in [-0.15, -0.1) is 0 Å². The molecule has 0 aliphatic carbocycles. The second-order valence-corrected chi connectivity index (χ2v) is 4.56. The molecule has 6 heteroatoms. The van der Waals surface area contributed by atoms with E-state index in [9.17, 15) is 13.6 Å². The summed E-state index contributed by atoms with van der Waals surface area (Å²) in [5, 5.41) is 0. The van der Waals surface area contributed by atoms with Crippen molar-refractivity contribution in [3.63, 3.8) is 0 Å². The van der Waals surface area contributed by atoms with Crippen LogP contribution in [0.3, 0.4) is 0 Å². The number of rotatable bonds is 7. The third kappa shape index (κ3) is 4.45. The van der Waals surface area contributed by atoms with Crippen LogP contribution in [0, 0.1) is 5.92 Å². The highest BCUT2D eigenvalue weighted by Crippen LogP contribution is 2.22. The molecule has 0 fully saturated rings. The Hall–Kier alpha value is -1.69. The lowest BCUT2D eigenvalue weighted by atomic mass is 10.1. The summed E-state index contributed by atoms with van der Waals surface area (Å²) in [4.78, 5) is 14.0. The van der Waals surface area contributed by atoms with Crippen LogP contribution < -0.4 is 10.5 Å². The van der Waals surface area contributed by atoms with E-state index in [-0.39, 0.29) is 23.1 Å². The average Bonchev–Trinajstić information content (AvgIpc) is 2.43. The zero-order valence-electron chi connectivity index (χ0n) is 11.7. The number of alkyl halides is 2. The molecule has 0 radical (unpaired) electrons. The first-order valence-electron chi connectivity index (χ1n) is 6.52. The van der Waals surface area contributed by atoms with Crippen LogP contribution in [0.1, 0.15) is 24.2 Å². The molecular weight excluding hydrogens is 266 g/mol. The van der Waals surface area contributed by atoms with E-state index in [4.69, 9.17) is 5.73 Å². The second-order valence-electron chi connectivity index (χ2n) is 4.56. The summed E-state index contributed by atoms with van der Waals surface area (Å²) in [5.74, 6) is -0.294. The number of carbonyl (C=O) groups excluding carboxylic acids is 1. The molecule has 1 unspecified atom stereocenters. The van der Waals surface area contributed by atoms with Crippen LogP contribution in [0.4, 0.5) is 8.78 Å². The van der Waals surface area contributed by atoms with E-state index in [1.165, 1.54) is 12.1 Å². The smallest absolute Gasteiger partial charge is 0.387 e. The van der Waals surface area contributed by atoms with Gasteiger partial charge >= 0.3 is 6.61 Å². The molecule has 0 saturated heterocycles. The van der Waals surface area contributed by atoms with Gasteiger partial charge in [0.05, 0.1) is 5.56 Å². The standard InChI is InChI=1S/C14H20F2N2O2/c1-3-18(9-10(2)8-17)13(19)11-6-4-5-7-12(11)20-14(15)16/h4-7,10,14H,3,8-9,17H2,1-2H3. The number of hydrogen-bond acceptors (Lipinski definition) is 3. The topological polar surface area (TPSA) is 55.6 Å². The van der Waals surface area contributed by atoms with E-state index in [1.807, 2.05) is 13.8 Å². The minimum Gasteiger partial charge on any atom is -0.434 e. The number of hydrogen-bond donors (Lipinski definition) is 1. The van der Waals surface area contributed by atoms with Crippen molar-refractivity contribution in [2.45, 2.75) is 20.5 Å². The highest BCUT2D eigenvalue weighted by molar-refractivity contribution is 5.96. The first kappa shape index (κ1) is 16.4. The Morgan fingerprint density at radius 1 is 1.40 bits per heavy atom. The van der Waals surface area contributed by atoms with E-state index in [1.54, 1.807) is 17.0 Å². The molecule has 0 saturated carbocycles. The molecule has 1 aromatic carbocycles. The van der Waals surface area contributed by atoms with Gasteiger partial charge in [-0.2, -0.15) is 8.78 Å². The number of ether oxygens (including phenoxy) is 1. The molecule has 1 rings (SSSR count). The molecule has 112 valence electrons. The van der Waals surface area contributed by atoms with Crippen LogP contribution in [0.5, 0.6) is 5.75 Å². The van der Waals surface area contributed by atoms with Gasteiger partial charge in [-0.1, -0.05) is 19.1 Å². The minimum absolute atomic E-state index is 0.105. The molecule has 1 atom stereocenters. The number of nitrogens with two attached hydrogens (primary N) is 1. The normalized spacial score (nSPS) is 12.3. The molecule has 0 aliphatic rings. The van der Waals surface area contributed by atoms with Crippen molar-refractivity contribution in [3.8, 4) is 5.75 Å². The lowest BCUT2D eigenvalue weighted by molar-refractivity contribution is -0.0502. The SMILES string of the molecule is CCN(CC(C)CN)C(=O)c1ccccc1OC(F)F. The fourth-order valence-electron chi connectivity index (χ4n) is 1.82. The van der Waals surface area contributed by atoms with Crippen molar-refractivity contribution in [2.75, 3.05) is 19.6 Å². The van der Waals surface area contributed by atoms with Gasteiger partial charge in [-0.05, 0) is 31.5 Å². The summed E-state index contributed by atoms with van der Waals surface area (Å²) >= 11 is 0. The molecular formula is C14H20F2N2O2. The van der Waals surface area contributed by atoms with Crippen LogP contribution in [-0.2, 0) is 0 Å². The summed E-state index contributed by atoms with van der Waals surface area (Å²) in [7, 11) is 0. The maximum absolute atomic E-state index is 12.4. The molecule has 2 N–H and O–H groups in total. The highest BCUT2D eigenvalue weighted by atomic mass is 19.3. The summed E-state index contributed by atoms with van der Waals surface area (Å²) in [6, 6.07) is 6.01. The monoisotopic (exact) mass is 286 g/mol. The van der Waals surface area contributed by atoms with E-state index in [0.29, 0.717) is 19.6 Å². The Kier molecular flexibility index (Phi) is 6.38. The van der Waals surface area contributed by atoms with Crippen molar-refractivity contribution >= 4 is 5.91 Å². The number of para-hydroxylation sites is 1. The van der Waals surface area contributed by atoms with Gasteiger partial charge in [0.1, 0.15) is 5.75 Å². The van der Waals surface area contributed by atoms with Crippen molar-refractivity contribution in [1.29, 1.82) is 0 Å². The molecule has 1 aromatic rings. The lowest BCUT2D eigenvalue weighted by Crippen LogP contribution is -2.36. The van der Waals surface area contributed by atoms with Crippen molar-refractivity contribution in [1.82, 2.24) is 4.90 Å². The number of benzene rings is 1. The molecule has 0 spiro atoms. The Morgan fingerprint density at radius 3 is 2.60 bits per heavy atom. The van der Waals surface area contributed by atoms with Gasteiger partial charge in [0.25, 0.3) is 5.91 Å². The van der Waals surface area contributed by atoms with E-state index >= 15 is 0 Å². The van der Waals surface area contributed by atoms with Crippen LogP contribution in [0.25, 0.3) is 0 Å². The summed E-state index contributed by atoms with van der Waals surface area (Å²) in [6.07, 6.45) is 0. The summed E-state index contributed by atoms with van der Waals surface area (Å²) in [6.45, 7) is 2.22. The number of nitrogens with zero attached hydrogens (tertiary/aromatic N) is 1. The molecule has 0 aliphatic heterocycles. The molecule has 0 heterocycles. The fourth-order valence-corrected chi connectivity index (χ4v) is 1.82. The minimum atomic E-state index is -2.96. The third-order valence-electron chi connectivity index (χ3n) is 2.94. The van der Waals surface area contributed by atoms with Gasteiger partial charge < -0.3 is 15.4 Å². The van der Waals surface area contributed by atoms with E-state index in [2.05, 4.69) is 4.74 Å². The first-order chi connectivity index (χ1) is 9.49. The maximum Gasteiger partial charge on any atom is 0.387 e. The van der Waals surface area contributed by atoms with Crippen LogP contribution >= 0.6 is 0 Å². The largest absolute Gasteiger partial charge is 0.434 e. The number of carbonyl (C=O) groups is 1. The fraction of sp³-hybridized carbons (Fsp3) is 0.500. The van der Waals surface area contributed by atoms with Gasteiger partial charge in [-0.3, -0.25) is 4.79 Å². The van der Waals surface area contributed by atoms with Crippen LogP contribution in [-0.4, -0.2) is 37.1 Å². The quantitative estimate of drug-likeness (QED) is 0.837. The molecule has 0 aromatic heterocycles. The van der Waals surface area contributed by atoms with Gasteiger partial charge in [0, 0.05) is 13.1 Å².